The summed E-state index contributed by atoms with van der Waals surface area (Å²) in [6, 6.07) is 10.4. The first-order valence-electron chi connectivity index (χ1n) is 7.99. The van der Waals surface area contributed by atoms with E-state index in [4.69, 9.17) is 4.42 Å². The Labute approximate surface area is 149 Å². The summed E-state index contributed by atoms with van der Waals surface area (Å²) in [4.78, 5) is 15.0. The van der Waals surface area contributed by atoms with Gasteiger partial charge in [-0.2, -0.15) is 0 Å². The molecular weight excluding hydrogens is 336 g/mol. The third-order valence-electron chi connectivity index (χ3n) is 3.92. The standard InChI is InChI=1S/C19H18N2O5/c1-11-6-7-20-16(8-11)21-17(13-4-2-3-5-14(13)23)19-18(25)15(24)9-12(10-22)26-19/h2-9,17,22-23,25H,10H2,1H3,(H,20,21)/p+1/t17-/m1/s1. The van der Waals surface area contributed by atoms with Gasteiger partial charge in [-0.25, -0.2) is 4.98 Å². The highest BCUT2D eigenvalue weighted by molar-refractivity contribution is 5.48. The van der Waals surface area contributed by atoms with Crippen molar-refractivity contribution in [3.8, 4) is 11.5 Å². The third kappa shape index (κ3) is 3.52. The molecule has 0 aliphatic heterocycles. The Balaban J connectivity index is 2.17. The van der Waals surface area contributed by atoms with Crippen LogP contribution < -0.4 is 15.7 Å². The van der Waals surface area contributed by atoms with Crippen molar-refractivity contribution in [3.05, 3.63) is 81.5 Å². The van der Waals surface area contributed by atoms with Gasteiger partial charge in [0.15, 0.2) is 11.8 Å². The van der Waals surface area contributed by atoms with Crippen LogP contribution in [0.15, 0.2) is 57.9 Å². The normalized spacial score (nSPS) is 11.9. The van der Waals surface area contributed by atoms with Crippen LogP contribution in [-0.4, -0.2) is 15.3 Å². The van der Waals surface area contributed by atoms with E-state index in [1.54, 1.807) is 24.4 Å². The summed E-state index contributed by atoms with van der Waals surface area (Å²) >= 11 is 0. The topological polar surface area (TPSA) is 117 Å². The second kappa shape index (κ2) is 7.28. The molecule has 0 fully saturated rings. The van der Waals surface area contributed by atoms with E-state index in [2.05, 4.69) is 10.3 Å². The predicted molar refractivity (Wildman–Crippen MR) is 93.9 cm³/mol. The van der Waals surface area contributed by atoms with E-state index >= 15 is 0 Å². The van der Waals surface area contributed by atoms with Gasteiger partial charge in [0.25, 0.3) is 5.82 Å². The van der Waals surface area contributed by atoms with Crippen molar-refractivity contribution in [2.45, 2.75) is 19.6 Å². The Morgan fingerprint density at radius 3 is 2.65 bits per heavy atom. The van der Waals surface area contributed by atoms with Gasteiger partial charge in [-0.15, -0.1) is 0 Å². The number of aromatic amines is 1. The molecule has 0 saturated heterocycles. The van der Waals surface area contributed by atoms with E-state index in [0.717, 1.165) is 11.6 Å². The minimum atomic E-state index is -0.867. The number of H-pyrrole nitrogens is 1. The fourth-order valence-corrected chi connectivity index (χ4v) is 2.66. The SMILES string of the molecule is Cc1cc[nH+]c(N[C@H](c2ccccc2O)c2oc(CO)cc(=O)c2O)c1. The van der Waals surface area contributed by atoms with Crippen LogP contribution in [0.4, 0.5) is 5.82 Å². The first kappa shape index (κ1) is 17.5. The van der Waals surface area contributed by atoms with Gasteiger partial charge in [-0.05, 0) is 24.6 Å². The second-order valence-corrected chi connectivity index (χ2v) is 5.86. The molecule has 7 heteroatoms. The molecule has 26 heavy (non-hydrogen) atoms. The van der Waals surface area contributed by atoms with E-state index in [1.165, 1.54) is 6.07 Å². The van der Waals surface area contributed by atoms with Crippen LogP contribution in [0.1, 0.15) is 28.7 Å². The molecule has 3 rings (SSSR count). The fraction of sp³-hybridized carbons (Fsp3) is 0.158. The number of phenols is 1. The summed E-state index contributed by atoms with van der Waals surface area (Å²) in [5, 5.41) is 33.0. The van der Waals surface area contributed by atoms with E-state index < -0.39 is 23.8 Å². The summed E-state index contributed by atoms with van der Waals surface area (Å²) in [5.41, 5.74) is 0.707. The first-order chi connectivity index (χ1) is 12.5. The van der Waals surface area contributed by atoms with Crippen molar-refractivity contribution in [1.82, 2.24) is 0 Å². The molecule has 2 aromatic heterocycles. The third-order valence-corrected chi connectivity index (χ3v) is 3.92. The summed E-state index contributed by atoms with van der Waals surface area (Å²) < 4.78 is 5.52. The van der Waals surface area contributed by atoms with Gasteiger partial charge in [-0.3, -0.25) is 10.1 Å². The van der Waals surface area contributed by atoms with Crippen LogP contribution in [0.2, 0.25) is 0 Å². The minimum Gasteiger partial charge on any atom is -0.507 e. The van der Waals surface area contributed by atoms with Gasteiger partial charge in [0.1, 0.15) is 18.1 Å². The zero-order chi connectivity index (χ0) is 18.7. The molecule has 0 radical (unpaired) electrons. The van der Waals surface area contributed by atoms with E-state index in [9.17, 15) is 20.1 Å². The maximum absolute atomic E-state index is 12.0. The molecule has 5 N–H and O–H groups in total. The predicted octanol–water partition coefficient (Wildman–Crippen LogP) is 1.87. The summed E-state index contributed by atoms with van der Waals surface area (Å²) in [6.45, 7) is 1.42. The number of hydrogen-bond acceptors (Lipinski definition) is 6. The zero-order valence-electron chi connectivity index (χ0n) is 14.1. The lowest BCUT2D eigenvalue weighted by Gasteiger charge is -2.17. The Morgan fingerprint density at radius 1 is 1.19 bits per heavy atom. The number of phenolic OH excluding ortho intramolecular Hbond substituents is 1. The smallest absolute Gasteiger partial charge is 0.273 e. The number of benzene rings is 1. The number of rotatable bonds is 5. The quantitative estimate of drug-likeness (QED) is 0.555. The molecular formula is C19H19N2O5+. The number of anilines is 1. The van der Waals surface area contributed by atoms with Crippen LogP contribution in [0.5, 0.6) is 11.5 Å². The van der Waals surface area contributed by atoms with E-state index in [-0.39, 0.29) is 17.3 Å². The lowest BCUT2D eigenvalue weighted by molar-refractivity contribution is -0.361. The van der Waals surface area contributed by atoms with Crippen molar-refractivity contribution in [1.29, 1.82) is 0 Å². The number of aliphatic hydroxyl groups is 1. The Morgan fingerprint density at radius 2 is 1.96 bits per heavy atom. The number of aryl methyl sites for hydroxylation is 1. The number of aromatic hydroxyl groups is 2. The average molecular weight is 355 g/mol. The molecule has 3 aromatic rings. The molecule has 134 valence electrons. The molecule has 0 amide bonds. The summed E-state index contributed by atoms with van der Waals surface area (Å²) in [6.07, 6.45) is 1.74. The van der Waals surface area contributed by atoms with Crippen LogP contribution in [-0.2, 0) is 6.61 Å². The Bertz CT molecular complexity index is 984. The van der Waals surface area contributed by atoms with Crippen LogP contribution in [0.3, 0.4) is 0 Å². The highest BCUT2D eigenvalue weighted by Gasteiger charge is 2.29. The molecule has 2 heterocycles. The number of para-hydroxylation sites is 1. The Hall–Kier alpha value is -3.32. The monoisotopic (exact) mass is 355 g/mol. The van der Waals surface area contributed by atoms with E-state index in [1.807, 2.05) is 19.1 Å². The molecule has 0 aliphatic rings. The van der Waals surface area contributed by atoms with E-state index in [0.29, 0.717) is 11.4 Å². The number of hydrogen-bond donors (Lipinski definition) is 4. The minimum absolute atomic E-state index is 0.0123. The van der Waals surface area contributed by atoms with Crippen molar-refractivity contribution in [2.75, 3.05) is 5.32 Å². The van der Waals surface area contributed by atoms with Crippen LogP contribution in [0.25, 0.3) is 0 Å². The van der Waals surface area contributed by atoms with Crippen LogP contribution in [0, 0.1) is 6.92 Å². The Kier molecular flexibility index (Phi) is 4.90. The molecule has 0 bridgehead atoms. The molecule has 1 aromatic carbocycles. The largest absolute Gasteiger partial charge is 0.507 e. The van der Waals surface area contributed by atoms with Crippen molar-refractivity contribution >= 4 is 5.82 Å². The van der Waals surface area contributed by atoms with Crippen molar-refractivity contribution < 1.29 is 24.7 Å². The molecule has 7 nitrogen and oxygen atoms in total. The molecule has 0 aliphatic carbocycles. The van der Waals surface area contributed by atoms with Crippen molar-refractivity contribution in [3.63, 3.8) is 0 Å². The average Bonchev–Trinajstić information content (AvgIpc) is 2.63. The maximum Gasteiger partial charge on any atom is 0.273 e. The number of aromatic nitrogens is 1. The lowest BCUT2D eigenvalue weighted by atomic mass is 10.0. The zero-order valence-corrected chi connectivity index (χ0v) is 14.1. The number of nitrogens with one attached hydrogen (secondary N) is 2. The molecule has 0 spiro atoms. The highest BCUT2D eigenvalue weighted by atomic mass is 16.4. The van der Waals surface area contributed by atoms with Crippen LogP contribution >= 0.6 is 0 Å². The van der Waals surface area contributed by atoms with Gasteiger partial charge in [0, 0.05) is 17.7 Å². The lowest BCUT2D eigenvalue weighted by Crippen LogP contribution is -2.21. The van der Waals surface area contributed by atoms with Gasteiger partial charge in [0.05, 0.1) is 6.20 Å². The van der Waals surface area contributed by atoms with Gasteiger partial charge >= 0.3 is 0 Å². The van der Waals surface area contributed by atoms with Gasteiger partial charge in [-0.1, -0.05) is 18.2 Å². The summed E-state index contributed by atoms with van der Waals surface area (Å²) in [7, 11) is 0. The summed E-state index contributed by atoms with van der Waals surface area (Å²) in [5.74, 6) is -0.115. The fourth-order valence-electron chi connectivity index (χ4n) is 2.66. The van der Waals surface area contributed by atoms with Gasteiger partial charge in [0.2, 0.25) is 11.2 Å². The second-order valence-electron chi connectivity index (χ2n) is 5.86. The maximum atomic E-state index is 12.0. The molecule has 0 unspecified atom stereocenters. The highest BCUT2D eigenvalue weighted by Crippen LogP contribution is 2.35. The first-order valence-corrected chi connectivity index (χ1v) is 7.99. The van der Waals surface area contributed by atoms with Crippen molar-refractivity contribution in [2.24, 2.45) is 0 Å². The number of pyridine rings is 1. The molecule has 0 saturated carbocycles. The number of aliphatic hydroxyl groups excluding tert-OH is 1. The van der Waals surface area contributed by atoms with Gasteiger partial charge < -0.3 is 19.7 Å². The molecule has 1 atom stereocenters.